The minimum atomic E-state index is 0.519. The van der Waals surface area contributed by atoms with Crippen molar-refractivity contribution in [2.24, 2.45) is 23.7 Å². The summed E-state index contributed by atoms with van der Waals surface area (Å²) in [6.45, 7) is 0. The quantitative estimate of drug-likeness (QED) is 0.886. The molecule has 0 spiro atoms. The van der Waals surface area contributed by atoms with Gasteiger partial charge in [-0.15, -0.1) is 0 Å². The van der Waals surface area contributed by atoms with Crippen LogP contribution >= 0.6 is 0 Å². The average Bonchev–Trinajstić information content (AvgIpc) is 2.36. The van der Waals surface area contributed by atoms with Gasteiger partial charge in [0.2, 0.25) is 5.88 Å². The third kappa shape index (κ3) is 1.80. The maximum atomic E-state index is 5.90. The Morgan fingerprint density at radius 1 is 1.05 bits per heavy atom. The van der Waals surface area contributed by atoms with Crippen LogP contribution in [-0.4, -0.2) is 17.1 Å². The van der Waals surface area contributed by atoms with Gasteiger partial charge in [0.05, 0.1) is 7.11 Å². The Morgan fingerprint density at radius 3 is 2.26 bits per heavy atom. The topological polar surface area (TPSA) is 61.0 Å². The zero-order valence-electron chi connectivity index (χ0n) is 11.4. The van der Waals surface area contributed by atoms with Crippen molar-refractivity contribution >= 4 is 5.82 Å². The van der Waals surface area contributed by atoms with Crippen LogP contribution in [0.25, 0.3) is 0 Å². The van der Waals surface area contributed by atoms with Crippen molar-refractivity contribution in [1.29, 1.82) is 0 Å². The highest BCUT2D eigenvalue weighted by Crippen LogP contribution is 2.59. The van der Waals surface area contributed by atoms with Crippen LogP contribution in [0.5, 0.6) is 5.88 Å². The molecule has 0 radical (unpaired) electrons. The van der Waals surface area contributed by atoms with Gasteiger partial charge in [0, 0.05) is 12.0 Å². The first-order valence-corrected chi connectivity index (χ1v) is 7.41. The zero-order chi connectivity index (χ0) is 13.0. The number of hydrogen-bond acceptors (Lipinski definition) is 4. The van der Waals surface area contributed by atoms with Crippen LogP contribution in [-0.2, 0) is 0 Å². The summed E-state index contributed by atoms with van der Waals surface area (Å²) in [6, 6.07) is 1.71. The molecule has 0 aliphatic heterocycles. The Labute approximate surface area is 113 Å². The van der Waals surface area contributed by atoms with Crippen LogP contribution in [0.1, 0.15) is 43.8 Å². The van der Waals surface area contributed by atoms with Gasteiger partial charge in [-0.05, 0) is 55.8 Å². The molecular weight excluding hydrogens is 238 g/mol. The molecule has 2 N–H and O–H groups in total. The molecule has 4 aliphatic rings. The van der Waals surface area contributed by atoms with E-state index < -0.39 is 0 Å². The van der Waals surface area contributed by atoms with Gasteiger partial charge in [-0.25, -0.2) is 4.98 Å². The highest BCUT2D eigenvalue weighted by molar-refractivity contribution is 5.34. The lowest BCUT2D eigenvalue weighted by atomic mass is 9.51. The van der Waals surface area contributed by atoms with E-state index in [0.717, 1.165) is 29.5 Å². The lowest BCUT2D eigenvalue weighted by molar-refractivity contribution is -0.00575. The van der Waals surface area contributed by atoms with Gasteiger partial charge in [-0.1, -0.05) is 0 Å². The van der Waals surface area contributed by atoms with Crippen molar-refractivity contribution in [2.75, 3.05) is 12.8 Å². The minimum absolute atomic E-state index is 0.519. The fraction of sp³-hybridized carbons (Fsp3) is 0.733. The number of nitrogen functional groups attached to an aromatic ring is 1. The molecule has 4 bridgehead atoms. The number of aromatic nitrogens is 2. The molecule has 0 saturated heterocycles. The number of anilines is 1. The van der Waals surface area contributed by atoms with Crippen LogP contribution in [0, 0.1) is 23.7 Å². The van der Waals surface area contributed by atoms with Crippen molar-refractivity contribution in [1.82, 2.24) is 9.97 Å². The molecule has 1 aromatic rings. The van der Waals surface area contributed by atoms with Crippen LogP contribution in [0.3, 0.4) is 0 Å². The van der Waals surface area contributed by atoms with Gasteiger partial charge in [0.15, 0.2) is 0 Å². The summed E-state index contributed by atoms with van der Waals surface area (Å²) in [4.78, 5) is 9.10. The van der Waals surface area contributed by atoms with Gasteiger partial charge in [0.1, 0.15) is 11.6 Å². The fourth-order valence-electron chi connectivity index (χ4n) is 5.06. The summed E-state index contributed by atoms with van der Waals surface area (Å²) in [5, 5.41) is 0. The van der Waals surface area contributed by atoms with E-state index in [0.29, 0.717) is 17.6 Å². The molecular formula is C15H21N3O. The van der Waals surface area contributed by atoms with E-state index in [1.807, 2.05) is 0 Å². The number of rotatable bonds is 2. The van der Waals surface area contributed by atoms with E-state index in [2.05, 4.69) is 9.97 Å². The highest BCUT2D eigenvalue weighted by Gasteiger charge is 2.49. The molecule has 102 valence electrons. The minimum Gasteiger partial charge on any atom is -0.481 e. The van der Waals surface area contributed by atoms with Gasteiger partial charge >= 0.3 is 0 Å². The summed E-state index contributed by atoms with van der Waals surface area (Å²) in [6.07, 6.45) is 6.97. The summed E-state index contributed by atoms with van der Waals surface area (Å²) < 4.78 is 5.25. The van der Waals surface area contributed by atoms with E-state index in [-0.39, 0.29) is 0 Å². The highest BCUT2D eigenvalue weighted by atomic mass is 16.5. The third-order valence-electron chi connectivity index (χ3n) is 5.47. The second-order valence-electron chi connectivity index (χ2n) is 6.65. The average molecular weight is 259 g/mol. The summed E-state index contributed by atoms with van der Waals surface area (Å²) in [5.74, 6) is 6.11. The molecule has 0 amide bonds. The van der Waals surface area contributed by atoms with Gasteiger partial charge in [-0.3, -0.25) is 0 Å². The van der Waals surface area contributed by atoms with Crippen molar-refractivity contribution in [3.05, 3.63) is 11.9 Å². The van der Waals surface area contributed by atoms with Gasteiger partial charge in [-0.2, -0.15) is 4.98 Å². The maximum absolute atomic E-state index is 5.90. The molecule has 19 heavy (non-hydrogen) atoms. The number of nitrogens with zero attached hydrogens (tertiary/aromatic N) is 2. The van der Waals surface area contributed by atoms with E-state index in [1.165, 1.54) is 32.1 Å². The van der Waals surface area contributed by atoms with Crippen molar-refractivity contribution in [3.8, 4) is 5.88 Å². The number of hydrogen-bond donors (Lipinski definition) is 1. The lowest BCUT2D eigenvalue weighted by Gasteiger charge is -2.53. The largest absolute Gasteiger partial charge is 0.481 e. The molecule has 0 aromatic carbocycles. The normalized spacial score (nSPS) is 39.5. The van der Waals surface area contributed by atoms with Crippen LogP contribution in [0.4, 0.5) is 5.82 Å². The van der Waals surface area contributed by atoms with Crippen LogP contribution in [0.2, 0.25) is 0 Å². The lowest BCUT2D eigenvalue weighted by Crippen LogP contribution is -2.44. The number of nitrogens with two attached hydrogens (primary N) is 1. The molecule has 0 atom stereocenters. The van der Waals surface area contributed by atoms with E-state index >= 15 is 0 Å². The van der Waals surface area contributed by atoms with Gasteiger partial charge in [0.25, 0.3) is 0 Å². The predicted molar refractivity (Wildman–Crippen MR) is 72.8 cm³/mol. The van der Waals surface area contributed by atoms with E-state index in [4.69, 9.17) is 10.5 Å². The van der Waals surface area contributed by atoms with Crippen molar-refractivity contribution in [2.45, 2.75) is 38.0 Å². The second-order valence-corrected chi connectivity index (χ2v) is 6.65. The smallest absolute Gasteiger partial charge is 0.218 e. The van der Waals surface area contributed by atoms with Crippen molar-refractivity contribution in [3.63, 3.8) is 0 Å². The fourth-order valence-corrected chi connectivity index (χ4v) is 5.06. The SMILES string of the molecule is COc1cc(N)nc(C2C3CC4CC(C3)CC2C4)n1. The maximum Gasteiger partial charge on any atom is 0.218 e. The van der Waals surface area contributed by atoms with E-state index in [9.17, 15) is 0 Å². The molecule has 4 aliphatic carbocycles. The second kappa shape index (κ2) is 4.09. The zero-order valence-corrected chi connectivity index (χ0v) is 11.4. The first kappa shape index (κ1) is 11.5. The standard InChI is InChI=1S/C15H21N3O/c1-19-13-7-12(16)17-15(18-13)14-10-3-8-2-9(5-10)6-11(14)4-8/h7-11,14H,2-6H2,1H3,(H2,16,17,18). The molecule has 4 saturated carbocycles. The molecule has 4 fully saturated rings. The monoisotopic (exact) mass is 259 g/mol. The molecule has 0 unspecified atom stereocenters. The Morgan fingerprint density at radius 2 is 1.68 bits per heavy atom. The third-order valence-corrected chi connectivity index (χ3v) is 5.47. The summed E-state index contributed by atoms with van der Waals surface area (Å²) in [7, 11) is 1.64. The van der Waals surface area contributed by atoms with Crippen molar-refractivity contribution < 1.29 is 4.74 Å². The number of methoxy groups -OCH3 is 1. The molecule has 4 nitrogen and oxygen atoms in total. The Bertz CT molecular complexity index is 474. The molecule has 4 heteroatoms. The Hall–Kier alpha value is -1.32. The molecule has 5 rings (SSSR count). The first-order valence-electron chi connectivity index (χ1n) is 7.41. The number of ether oxygens (including phenoxy) is 1. The van der Waals surface area contributed by atoms with Gasteiger partial charge < -0.3 is 10.5 Å². The summed E-state index contributed by atoms with van der Waals surface area (Å²) >= 11 is 0. The van der Waals surface area contributed by atoms with Crippen LogP contribution in [0.15, 0.2) is 6.07 Å². The van der Waals surface area contributed by atoms with E-state index in [1.54, 1.807) is 13.2 Å². The predicted octanol–water partition coefficient (Wildman–Crippen LogP) is 2.61. The van der Waals surface area contributed by atoms with Crippen LogP contribution < -0.4 is 10.5 Å². The Kier molecular flexibility index (Phi) is 2.47. The first-order chi connectivity index (χ1) is 9.22. The molecule has 1 heterocycles. The molecule has 1 aromatic heterocycles. The Balaban J connectivity index is 1.70. The summed E-state index contributed by atoms with van der Waals surface area (Å²) in [5.41, 5.74) is 5.90.